The largest absolute Gasteiger partial charge is 0.470 e. The minimum absolute atomic E-state index is 0.0911. The van der Waals surface area contributed by atoms with Crippen LogP contribution in [-0.2, 0) is 0 Å². The Bertz CT molecular complexity index is 1180. The number of nitrogens with one attached hydrogen (secondary N) is 2. The molecule has 1 aliphatic heterocycles. The number of ether oxygens (including phenoxy) is 1. The molecule has 0 unspecified atom stereocenters. The van der Waals surface area contributed by atoms with Crippen molar-refractivity contribution in [1.29, 1.82) is 0 Å². The highest BCUT2D eigenvalue weighted by atomic mass is 16.5. The summed E-state index contributed by atoms with van der Waals surface area (Å²) in [6.45, 7) is 6.76. The zero-order valence-electron chi connectivity index (χ0n) is 17.1. The van der Waals surface area contributed by atoms with Crippen LogP contribution in [0, 0.1) is 13.8 Å². The molecule has 5 heterocycles. The average Bonchev–Trinajstić information content (AvgIpc) is 3.42. The maximum atomic E-state index is 6.14. The van der Waals surface area contributed by atoms with Gasteiger partial charge in [0.05, 0.1) is 29.2 Å². The van der Waals surface area contributed by atoms with Gasteiger partial charge in [-0.25, -0.2) is 9.50 Å². The van der Waals surface area contributed by atoms with E-state index < -0.39 is 0 Å². The summed E-state index contributed by atoms with van der Waals surface area (Å²) in [7, 11) is 0. The smallest absolute Gasteiger partial charge is 0.262 e. The summed E-state index contributed by atoms with van der Waals surface area (Å²) < 4.78 is 13.4. The molecule has 154 valence electrons. The van der Waals surface area contributed by atoms with Crippen molar-refractivity contribution in [3.63, 3.8) is 0 Å². The van der Waals surface area contributed by atoms with Crippen LogP contribution < -0.4 is 15.4 Å². The molecule has 0 aliphatic carbocycles. The third kappa shape index (κ3) is 3.59. The Kier molecular flexibility index (Phi) is 4.59. The van der Waals surface area contributed by atoms with Gasteiger partial charge >= 0.3 is 0 Å². The normalized spacial score (nSPS) is 18.8. The van der Waals surface area contributed by atoms with E-state index in [1.807, 2.05) is 38.2 Å². The topological polar surface area (TPSA) is 102 Å². The van der Waals surface area contributed by atoms with Crippen molar-refractivity contribution in [1.82, 2.24) is 30.1 Å². The quantitative estimate of drug-likeness (QED) is 0.522. The van der Waals surface area contributed by atoms with Gasteiger partial charge in [-0.05, 0) is 43.6 Å². The maximum Gasteiger partial charge on any atom is 0.262 e. The van der Waals surface area contributed by atoms with Crippen molar-refractivity contribution in [3.05, 3.63) is 48.2 Å². The van der Waals surface area contributed by atoms with Crippen LogP contribution >= 0.6 is 0 Å². The highest BCUT2D eigenvalue weighted by Crippen LogP contribution is 2.34. The first-order valence-electron chi connectivity index (χ1n) is 9.97. The van der Waals surface area contributed by atoms with Crippen LogP contribution in [0.2, 0.25) is 0 Å². The third-order valence-corrected chi connectivity index (χ3v) is 5.21. The summed E-state index contributed by atoms with van der Waals surface area (Å²) in [6.07, 6.45) is 6.35. The number of hydrogen-bond acceptors (Lipinski definition) is 8. The van der Waals surface area contributed by atoms with Crippen LogP contribution in [0.1, 0.15) is 24.8 Å². The molecule has 2 atom stereocenters. The van der Waals surface area contributed by atoms with Crippen LogP contribution in [0.15, 0.2) is 41.3 Å². The molecule has 0 aromatic carbocycles. The van der Waals surface area contributed by atoms with Gasteiger partial charge in [0.1, 0.15) is 17.7 Å². The number of aryl methyl sites for hydroxylation is 2. The van der Waals surface area contributed by atoms with Gasteiger partial charge < -0.3 is 19.9 Å². The molecule has 4 aromatic rings. The molecule has 5 rings (SSSR count). The molecule has 2 N–H and O–H groups in total. The molecule has 0 bridgehead atoms. The lowest BCUT2D eigenvalue weighted by Crippen LogP contribution is -2.20. The SMILES string of the molecule is Cc1cnc(Nc2cc3cc(-c4c(O[C@@H]5CN[C@H](C)C5)noc4C)ccn3n2)cn1. The minimum Gasteiger partial charge on any atom is -0.470 e. The molecule has 0 saturated carbocycles. The number of anilines is 2. The highest BCUT2D eigenvalue weighted by Gasteiger charge is 2.26. The summed E-state index contributed by atoms with van der Waals surface area (Å²) in [5.74, 6) is 2.59. The zero-order chi connectivity index (χ0) is 20.7. The van der Waals surface area contributed by atoms with E-state index in [1.165, 1.54) is 0 Å². The van der Waals surface area contributed by atoms with E-state index >= 15 is 0 Å². The van der Waals surface area contributed by atoms with E-state index in [1.54, 1.807) is 16.9 Å². The van der Waals surface area contributed by atoms with E-state index in [0.717, 1.165) is 41.1 Å². The fourth-order valence-corrected chi connectivity index (χ4v) is 3.70. The number of pyridine rings is 1. The van der Waals surface area contributed by atoms with Gasteiger partial charge in [0.2, 0.25) is 0 Å². The molecule has 1 fully saturated rings. The lowest BCUT2D eigenvalue weighted by atomic mass is 10.1. The summed E-state index contributed by atoms with van der Waals surface area (Å²) in [5, 5.41) is 15.3. The molecule has 9 nitrogen and oxygen atoms in total. The molecular weight excluding hydrogens is 382 g/mol. The Hall–Kier alpha value is -3.46. The lowest BCUT2D eigenvalue weighted by Gasteiger charge is -2.11. The monoisotopic (exact) mass is 405 g/mol. The number of hydrogen-bond donors (Lipinski definition) is 2. The van der Waals surface area contributed by atoms with Crippen molar-refractivity contribution in [2.24, 2.45) is 0 Å². The number of rotatable bonds is 5. The first-order valence-corrected chi connectivity index (χ1v) is 9.97. The summed E-state index contributed by atoms with van der Waals surface area (Å²) >= 11 is 0. The van der Waals surface area contributed by atoms with Crippen LogP contribution in [0.4, 0.5) is 11.6 Å². The molecule has 9 heteroatoms. The van der Waals surface area contributed by atoms with Gasteiger partial charge in [-0.2, -0.15) is 5.10 Å². The fourth-order valence-electron chi connectivity index (χ4n) is 3.70. The van der Waals surface area contributed by atoms with Gasteiger partial charge in [-0.15, -0.1) is 0 Å². The minimum atomic E-state index is 0.0911. The van der Waals surface area contributed by atoms with Crippen LogP contribution in [0.5, 0.6) is 5.88 Å². The Balaban J connectivity index is 1.42. The van der Waals surface area contributed by atoms with E-state index in [4.69, 9.17) is 9.26 Å². The summed E-state index contributed by atoms with van der Waals surface area (Å²) in [5.41, 5.74) is 3.64. The predicted molar refractivity (Wildman–Crippen MR) is 112 cm³/mol. The first-order chi connectivity index (χ1) is 14.5. The van der Waals surface area contributed by atoms with Gasteiger partial charge in [0.15, 0.2) is 5.82 Å². The van der Waals surface area contributed by atoms with Crippen LogP contribution in [0.25, 0.3) is 16.6 Å². The second-order valence-electron chi connectivity index (χ2n) is 7.69. The van der Waals surface area contributed by atoms with Crippen LogP contribution in [-0.4, -0.2) is 43.4 Å². The molecule has 0 radical (unpaired) electrons. The van der Waals surface area contributed by atoms with Crippen LogP contribution in [0.3, 0.4) is 0 Å². The zero-order valence-corrected chi connectivity index (χ0v) is 17.1. The Morgan fingerprint density at radius 3 is 2.87 bits per heavy atom. The number of aromatic nitrogens is 5. The van der Waals surface area contributed by atoms with E-state index in [9.17, 15) is 0 Å². The maximum absolute atomic E-state index is 6.14. The van der Waals surface area contributed by atoms with Gasteiger partial charge in [0.25, 0.3) is 5.88 Å². The fraction of sp³-hybridized carbons (Fsp3) is 0.333. The van der Waals surface area contributed by atoms with Gasteiger partial charge in [-0.1, -0.05) is 0 Å². The highest BCUT2D eigenvalue weighted by molar-refractivity contribution is 5.75. The Labute approximate surface area is 173 Å². The average molecular weight is 405 g/mol. The molecule has 1 aliphatic rings. The Morgan fingerprint density at radius 2 is 2.10 bits per heavy atom. The van der Waals surface area contributed by atoms with E-state index in [0.29, 0.717) is 23.6 Å². The van der Waals surface area contributed by atoms with Crippen molar-refractivity contribution in [2.75, 3.05) is 11.9 Å². The molecule has 0 amide bonds. The Morgan fingerprint density at radius 1 is 1.20 bits per heavy atom. The molecule has 0 spiro atoms. The summed E-state index contributed by atoms with van der Waals surface area (Å²) in [6, 6.07) is 6.42. The van der Waals surface area contributed by atoms with E-state index in [-0.39, 0.29) is 6.10 Å². The second-order valence-corrected chi connectivity index (χ2v) is 7.69. The number of nitrogens with zero attached hydrogens (tertiary/aromatic N) is 5. The van der Waals surface area contributed by atoms with Crippen molar-refractivity contribution in [3.8, 4) is 17.0 Å². The van der Waals surface area contributed by atoms with E-state index in [2.05, 4.69) is 37.8 Å². The van der Waals surface area contributed by atoms with Crippen molar-refractivity contribution in [2.45, 2.75) is 39.3 Å². The number of fused-ring (bicyclic) bond motifs is 1. The third-order valence-electron chi connectivity index (χ3n) is 5.21. The molecular formula is C21H23N7O2. The second kappa shape index (κ2) is 7.42. The van der Waals surface area contributed by atoms with Gasteiger partial charge in [-0.3, -0.25) is 4.98 Å². The predicted octanol–water partition coefficient (Wildman–Crippen LogP) is 3.27. The molecule has 4 aromatic heterocycles. The lowest BCUT2D eigenvalue weighted by molar-refractivity contribution is 0.199. The standard InChI is InChI=1S/C21H23N7O2/c1-12-6-17(10-22-12)29-21-20(14(3)30-27-21)15-4-5-28-16(7-15)8-18(26-28)25-19-11-23-13(2)9-24-19/h4-5,7-9,11-12,17,22H,6,10H2,1-3H3,(H,24,25,26)/t12-,17+/m1/s1. The van der Waals surface area contributed by atoms with Crippen molar-refractivity contribution < 1.29 is 9.26 Å². The summed E-state index contributed by atoms with van der Waals surface area (Å²) in [4.78, 5) is 8.56. The van der Waals surface area contributed by atoms with Crippen molar-refractivity contribution >= 4 is 17.2 Å². The first kappa shape index (κ1) is 18.6. The van der Waals surface area contributed by atoms with Gasteiger partial charge in [0, 0.05) is 31.3 Å². The molecule has 1 saturated heterocycles. The molecule has 30 heavy (non-hydrogen) atoms.